The minimum absolute atomic E-state index is 0.0651. The number of aliphatic carboxylic acids is 1. The zero-order valence-electron chi connectivity index (χ0n) is 9.65. The maximum Gasteiger partial charge on any atom is 0.337 e. The van der Waals surface area contributed by atoms with Crippen molar-refractivity contribution in [1.29, 1.82) is 0 Å². The van der Waals surface area contributed by atoms with Crippen LogP contribution < -0.4 is 0 Å². The van der Waals surface area contributed by atoms with Crippen molar-refractivity contribution in [3.63, 3.8) is 0 Å². The molecule has 19 heavy (non-hydrogen) atoms. The van der Waals surface area contributed by atoms with E-state index in [-0.39, 0.29) is 11.3 Å². The first-order valence-electron chi connectivity index (χ1n) is 5.31. The summed E-state index contributed by atoms with van der Waals surface area (Å²) in [6, 6.07) is 9.31. The molecule has 0 aliphatic heterocycles. The minimum Gasteiger partial charge on any atom is -0.478 e. The summed E-state index contributed by atoms with van der Waals surface area (Å²) in [5, 5.41) is 21.6. The first kappa shape index (κ1) is 13.0. The normalized spacial score (nSPS) is 11.3. The molecule has 1 N–H and O–H groups in total. The fourth-order valence-electron chi connectivity index (χ4n) is 1.56. The average molecular weight is 275 g/mol. The summed E-state index contributed by atoms with van der Waals surface area (Å²) in [5.41, 5.74) is 0.542. The lowest BCUT2D eigenvalue weighted by molar-refractivity contribution is -0.384. The van der Waals surface area contributed by atoms with Crippen LogP contribution in [0.4, 0.5) is 5.69 Å². The van der Waals surface area contributed by atoms with Crippen LogP contribution in [0.1, 0.15) is 10.4 Å². The average Bonchev–Trinajstić information content (AvgIpc) is 2.89. The van der Waals surface area contributed by atoms with E-state index < -0.39 is 10.9 Å². The number of nitrogens with zero attached hydrogens (tertiary/aromatic N) is 1. The second kappa shape index (κ2) is 5.45. The van der Waals surface area contributed by atoms with Gasteiger partial charge < -0.3 is 5.11 Å². The summed E-state index contributed by atoms with van der Waals surface area (Å²) in [6.07, 6.45) is 1.43. The largest absolute Gasteiger partial charge is 0.478 e. The number of non-ortho nitro benzene ring substituents is 1. The molecule has 96 valence electrons. The Kier molecular flexibility index (Phi) is 3.72. The first-order valence-corrected chi connectivity index (χ1v) is 6.19. The van der Waals surface area contributed by atoms with Crippen LogP contribution in [0, 0.1) is 10.1 Å². The molecule has 2 aromatic rings. The van der Waals surface area contributed by atoms with Gasteiger partial charge >= 0.3 is 5.97 Å². The summed E-state index contributed by atoms with van der Waals surface area (Å²) in [6.45, 7) is 0. The fraction of sp³-hybridized carbons (Fsp3) is 0. The summed E-state index contributed by atoms with van der Waals surface area (Å²) in [7, 11) is 0. The molecular formula is C13H9NO4S. The van der Waals surface area contributed by atoms with E-state index in [2.05, 4.69) is 0 Å². The van der Waals surface area contributed by atoms with Crippen molar-refractivity contribution in [2.45, 2.75) is 0 Å². The van der Waals surface area contributed by atoms with Crippen LogP contribution in [0.25, 0.3) is 11.6 Å². The summed E-state index contributed by atoms with van der Waals surface area (Å²) in [4.78, 5) is 22.0. The molecule has 1 heterocycles. The summed E-state index contributed by atoms with van der Waals surface area (Å²) >= 11 is 1.31. The molecule has 0 atom stereocenters. The van der Waals surface area contributed by atoms with E-state index in [1.807, 2.05) is 0 Å². The van der Waals surface area contributed by atoms with Crippen molar-refractivity contribution in [2.75, 3.05) is 0 Å². The van der Waals surface area contributed by atoms with Gasteiger partial charge in [0.05, 0.1) is 10.5 Å². The lowest BCUT2D eigenvalue weighted by atomic mass is 10.1. The molecule has 1 aromatic heterocycles. The highest BCUT2D eigenvalue weighted by Crippen LogP contribution is 2.24. The Morgan fingerprint density at radius 1 is 1.32 bits per heavy atom. The summed E-state index contributed by atoms with van der Waals surface area (Å²) in [5.74, 6) is -1.06. The van der Waals surface area contributed by atoms with Crippen LogP contribution in [0.2, 0.25) is 0 Å². The van der Waals surface area contributed by atoms with Gasteiger partial charge in [0.2, 0.25) is 0 Å². The lowest BCUT2D eigenvalue weighted by Crippen LogP contribution is -1.97. The highest BCUT2D eigenvalue weighted by molar-refractivity contribution is 7.11. The minimum atomic E-state index is -1.06. The van der Waals surface area contributed by atoms with Crippen LogP contribution >= 0.6 is 11.3 Å². The third-order valence-corrected chi connectivity index (χ3v) is 3.31. The van der Waals surface area contributed by atoms with Crippen LogP contribution in [0.3, 0.4) is 0 Å². The van der Waals surface area contributed by atoms with Crippen molar-refractivity contribution < 1.29 is 14.8 Å². The van der Waals surface area contributed by atoms with Crippen LogP contribution in [-0.2, 0) is 4.79 Å². The van der Waals surface area contributed by atoms with Gasteiger partial charge in [0, 0.05) is 17.0 Å². The Bertz CT molecular complexity index is 646. The number of hydrogen-bond acceptors (Lipinski definition) is 4. The van der Waals surface area contributed by atoms with Crippen molar-refractivity contribution in [1.82, 2.24) is 0 Å². The van der Waals surface area contributed by atoms with E-state index in [1.165, 1.54) is 35.6 Å². The van der Waals surface area contributed by atoms with Gasteiger partial charge in [-0.05, 0) is 23.1 Å². The number of nitro groups is 1. The van der Waals surface area contributed by atoms with Gasteiger partial charge in [0.25, 0.3) is 5.69 Å². The third-order valence-electron chi connectivity index (χ3n) is 2.41. The highest BCUT2D eigenvalue weighted by atomic mass is 32.1. The second-order valence-electron chi connectivity index (χ2n) is 3.69. The molecule has 6 heteroatoms. The second-order valence-corrected chi connectivity index (χ2v) is 4.64. The van der Waals surface area contributed by atoms with Crippen LogP contribution in [0.5, 0.6) is 0 Å². The van der Waals surface area contributed by atoms with Crippen molar-refractivity contribution in [2.24, 2.45) is 0 Å². The molecule has 0 aliphatic carbocycles. The fourth-order valence-corrected chi connectivity index (χ4v) is 2.30. The standard InChI is InChI=1S/C13H9NO4S/c15-13(16)11(12-5-2-6-19-12)8-9-3-1-4-10(7-9)14(17)18/h1-8H,(H,15,16). The molecule has 2 rings (SSSR count). The number of carbonyl (C=O) groups is 1. The van der Waals surface area contributed by atoms with Gasteiger partial charge in [0.1, 0.15) is 0 Å². The van der Waals surface area contributed by atoms with Crippen LogP contribution in [-0.4, -0.2) is 16.0 Å². The number of benzene rings is 1. The molecule has 1 aromatic carbocycles. The van der Waals surface area contributed by atoms with Crippen LogP contribution in [0.15, 0.2) is 41.8 Å². The van der Waals surface area contributed by atoms with E-state index >= 15 is 0 Å². The zero-order chi connectivity index (χ0) is 13.8. The highest BCUT2D eigenvalue weighted by Gasteiger charge is 2.12. The Morgan fingerprint density at radius 2 is 2.11 bits per heavy atom. The number of rotatable bonds is 4. The van der Waals surface area contributed by atoms with Gasteiger partial charge in [-0.2, -0.15) is 0 Å². The maximum absolute atomic E-state index is 11.2. The van der Waals surface area contributed by atoms with Gasteiger partial charge in [-0.3, -0.25) is 10.1 Å². The van der Waals surface area contributed by atoms with Crippen molar-refractivity contribution in [3.8, 4) is 0 Å². The molecule has 0 saturated carbocycles. The van der Waals surface area contributed by atoms with Crippen molar-refractivity contribution in [3.05, 3.63) is 62.3 Å². The number of carboxylic acids is 1. The number of hydrogen-bond donors (Lipinski definition) is 1. The van der Waals surface area contributed by atoms with E-state index in [0.717, 1.165) is 0 Å². The third kappa shape index (κ3) is 3.05. The van der Waals surface area contributed by atoms with E-state index in [9.17, 15) is 20.0 Å². The van der Waals surface area contributed by atoms with Gasteiger partial charge in [-0.15, -0.1) is 11.3 Å². The number of carboxylic acid groups (broad SMARTS) is 1. The predicted molar refractivity (Wildman–Crippen MR) is 72.9 cm³/mol. The van der Waals surface area contributed by atoms with E-state index in [1.54, 1.807) is 23.6 Å². The molecule has 0 aliphatic rings. The van der Waals surface area contributed by atoms with Gasteiger partial charge in [0.15, 0.2) is 0 Å². The Labute approximate surface area is 112 Å². The maximum atomic E-state index is 11.2. The van der Waals surface area contributed by atoms with Gasteiger partial charge in [-0.25, -0.2) is 4.79 Å². The molecule has 0 amide bonds. The van der Waals surface area contributed by atoms with E-state index in [0.29, 0.717) is 10.4 Å². The number of nitro benzene ring substituents is 1. The zero-order valence-corrected chi connectivity index (χ0v) is 10.5. The number of thiophene rings is 1. The quantitative estimate of drug-likeness (QED) is 0.527. The molecule has 0 unspecified atom stereocenters. The molecule has 0 spiro atoms. The van der Waals surface area contributed by atoms with Gasteiger partial charge in [-0.1, -0.05) is 18.2 Å². The molecule has 0 bridgehead atoms. The molecule has 0 saturated heterocycles. The van der Waals surface area contributed by atoms with E-state index in [4.69, 9.17) is 0 Å². The SMILES string of the molecule is O=C(O)C(=Cc1cccc([N+](=O)[O-])c1)c1cccs1. The Hall–Kier alpha value is -2.47. The molecular weight excluding hydrogens is 266 g/mol. The smallest absolute Gasteiger partial charge is 0.337 e. The summed E-state index contributed by atoms with van der Waals surface area (Å²) < 4.78 is 0. The Morgan fingerprint density at radius 3 is 2.68 bits per heavy atom. The first-order chi connectivity index (χ1) is 9.08. The molecule has 0 radical (unpaired) electrons. The lowest BCUT2D eigenvalue weighted by Gasteiger charge is -2.00. The monoisotopic (exact) mass is 275 g/mol. The van der Waals surface area contributed by atoms with Crippen molar-refractivity contribution >= 4 is 34.6 Å². The Balaban J connectivity index is 2.45. The molecule has 5 nitrogen and oxygen atoms in total. The predicted octanol–water partition coefficient (Wildman–Crippen LogP) is 3.28. The topological polar surface area (TPSA) is 80.4 Å². The molecule has 0 fully saturated rings.